The number of rotatable bonds is 2. The van der Waals surface area contributed by atoms with E-state index in [1.165, 1.54) is 12.1 Å². The maximum Gasteiger partial charge on any atom is -1.00 e. The van der Waals surface area contributed by atoms with Crippen LogP contribution in [0.3, 0.4) is 0 Å². The van der Waals surface area contributed by atoms with Crippen LogP contribution in [0.5, 0.6) is 0 Å². The summed E-state index contributed by atoms with van der Waals surface area (Å²) in [5.74, 6) is -3.10. The van der Waals surface area contributed by atoms with Crippen molar-refractivity contribution in [2.24, 2.45) is 0 Å². The van der Waals surface area contributed by atoms with Gasteiger partial charge in [-0.3, -0.25) is 0 Å². The molecule has 0 aliphatic rings. The molecule has 0 radical (unpaired) electrons. The molecule has 2 rings (SSSR count). The smallest absolute Gasteiger partial charge is 1.00 e. The molecule has 18 heavy (non-hydrogen) atoms. The van der Waals surface area contributed by atoms with Crippen molar-refractivity contribution >= 4 is 24.1 Å². The first-order valence-electron chi connectivity index (χ1n) is 4.82. The summed E-state index contributed by atoms with van der Waals surface area (Å²) < 4.78 is 52.8. The Morgan fingerprint density at radius 1 is 0.611 bits per heavy atom. The fraction of sp³-hybridized carbons (Fsp3) is 0. The van der Waals surface area contributed by atoms with Crippen LogP contribution in [-0.4, -0.2) is 15.2 Å². The van der Waals surface area contributed by atoms with Crippen LogP contribution in [0.25, 0.3) is 0 Å². The molecule has 0 atom stereocenters. The van der Waals surface area contributed by atoms with Crippen LogP contribution in [0.15, 0.2) is 36.4 Å². The number of halogens is 5. The maximum atomic E-state index is 13.3. The molecule has 0 unspecified atom stereocenters. The van der Waals surface area contributed by atoms with Gasteiger partial charge >= 0.3 is 101 Å². The van der Waals surface area contributed by atoms with Crippen molar-refractivity contribution < 1.29 is 30.0 Å². The Morgan fingerprint density at radius 3 is 1.17 bits per heavy atom. The van der Waals surface area contributed by atoms with E-state index >= 15 is 0 Å². The van der Waals surface area contributed by atoms with Gasteiger partial charge in [-0.05, 0) is 0 Å². The molecule has 0 bridgehead atoms. The van der Waals surface area contributed by atoms with Crippen molar-refractivity contribution in [3.05, 3.63) is 59.7 Å². The van der Waals surface area contributed by atoms with Crippen molar-refractivity contribution in [1.29, 1.82) is 0 Å². The van der Waals surface area contributed by atoms with E-state index in [-0.39, 0.29) is 21.3 Å². The summed E-state index contributed by atoms with van der Waals surface area (Å²) in [5.41, 5.74) is 0. The Hall–Kier alpha value is -1.02. The molecule has 92 valence electrons. The topological polar surface area (TPSA) is 0 Å². The first kappa shape index (κ1) is 15.0. The predicted molar refractivity (Wildman–Crippen MR) is 57.7 cm³/mol. The molecular formula is C12H6AlClF4. The largest absolute Gasteiger partial charge is 1.00 e. The Bertz CT molecular complexity index is 470. The summed E-state index contributed by atoms with van der Waals surface area (Å²) in [6.45, 7) is 0. The van der Waals surface area contributed by atoms with Gasteiger partial charge in [0.2, 0.25) is 0 Å². The van der Waals surface area contributed by atoms with E-state index in [2.05, 4.69) is 0 Å². The summed E-state index contributed by atoms with van der Waals surface area (Å²) in [5, 5.41) is 0. The fourth-order valence-electron chi connectivity index (χ4n) is 1.44. The second-order valence-electron chi connectivity index (χ2n) is 3.42. The number of hydrogen-bond donors (Lipinski definition) is 0. The van der Waals surface area contributed by atoms with Gasteiger partial charge in [-0.2, -0.15) is 0 Å². The molecule has 0 fully saturated rings. The molecule has 0 aliphatic heterocycles. The van der Waals surface area contributed by atoms with Gasteiger partial charge in [0.05, 0.1) is 0 Å². The molecule has 0 amide bonds. The van der Waals surface area contributed by atoms with E-state index in [9.17, 15) is 17.6 Å². The zero-order valence-corrected chi connectivity index (χ0v) is 10.8. The van der Waals surface area contributed by atoms with Gasteiger partial charge in [0.15, 0.2) is 0 Å². The van der Waals surface area contributed by atoms with Crippen LogP contribution >= 0.6 is 0 Å². The molecule has 0 spiro atoms. The van der Waals surface area contributed by atoms with Crippen LogP contribution < -0.4 is 21.3 Å². The Labute approximate surface area is 114 Å². The Morgan fingerprint density at radius 2 is 0.889 bits per heavy atom. The second kappa shape index (κ2) is 6.24. The second-order valence-corrected chi connectivity index (χ2v) is 4.86. The molecule has 0 heterocycles. The minimum Gasteiger partial charge on any atom is -1.00 e. The molecule has 0 aromatic heterocycles. The van der Waals surface area contributed by atoms with Gasteiger partial charge in [-0.1, -0.05) is 0 Å². The van der Waals surface area contributed by atoms with Crippen molar-refractivity contribution in [3.63, 3.8) is 0 Å². The van der Waals surface area contributed by atoms with Gasteiger partial charge in [-0.15, -0.1) is 0 Å². The van der Waals surface area contributed by atoms with Crippen molar-refractivity contribution in [1.82, 2.24) is 0 Å². The first-order valence-corrected chi connectivity index (χ1v) is 5.98. The van der Waals surface area contributed by atoms with Gasteiger partial charge in [-0.25, -0.2) is 0 Å². The summed E-state index contributed by atoms with van der Waals surface area (Å²) in [6.07, 6.45) is 0. The van der Waals surface area contributed by atoms with E-state index in [0.29, 0.717) is 0 Å². The third-order valence-corrected chi connectivity index (χ3v) is 3.97. The zero-order valence-electron chi connectivity index (χ0n) is 8.93. The van der Waals surface area contributed by atoms with Gasteiger partial charge in [0.25, 0.3) is 0 Å². The minimum absolute atomic E-state index is 0. The van der Waals surface area contributed by atoms with Gasteiger partial charge in [0.1, 0.15) is 0 Å². The quantitative estimate of drug-likeness (QED) is 0.486. The molecular weight excluding hydrogens is 283 g/mol. The standard InChI is InChI=1S/2C6H3F2.Al.ClH/c2*7-5-2-1-3-6(8)4-5;;/h2*1-3H;;1H/q;;+1;/p-1. The fourth-order valence-corrected chi connectivity index (χ4v) is 2.67. The molecule has 2 aromatic carbocycles. The van der Waals surface area contributed by atoms with Crippen LogP contribution in [-0.2, 0) is 0 Å². The third kappa shape index (κ3) is 3.05. The molecule has 0 N–H and O–H groups in total. The summed E-state index contributed by atoms with van der Waals surface area (Å²) in [6, 6.07) is 6.72. The summed E-state index contributed by atoms with van der Waals surface area (Å²) in [7, 11) is 0. The molecule has 6 heteroatoms. The van der Waals surface area contributed by atoms with E-state index in [1.54, 1.807) is 0 Å². The Kier molecular flexibility index (Phi) is 5.21. The number of hydrogen-bond acceptors (Lipinski definition) is 0. The number of benzene rings is 2. The van der Waals surface area contributed by atoms with E-state index in [4.69, 9.17) is 0 Å². The molecule has 0 nitrogen and oxygen atoms in total. The normalized spacial score (nSPS) is 9.56. The molecule has 0 aliphatic carbocycles. The van der Waals surface area contributed by atoms with Gasteiger partial charge in [0, 0.05) is 0 Å². The average molecular weight is 289 g/mol. The molecule has 2 aromatic rings. The molecule has 0 saturated carbocycles. The maximum absolute atomic E-state index is 13.3. The van der Waals surface area contributed by atoms with Crippen molar-refractivity contribution in [2.45, 2.75) is 0 Å². The molecule has 0 saturated heterocycles. The zero-order chi connectivity index (χ0) is 12.4. The van der Waals surface area contributed by atoms with Crippen molar-refractivity contribution in [2.75, 3.05) is 0 Å². The monoisotopic (exact) mass is 288 g/mol. The third-order valence-electron chi connectivity index (χ3n) is 2.29. The van der Waals surface area contributed by atoms with Crippen LogP contribution in [0.4, 0.5) is 17.6 Å². The van der Waals surface area contributed by atoms with E-state index in [1.807, 2.05) is 0 Å². The average Bonchev–Trinajstić information content (AvgIpc) is 2.27. The van der Waals surface area contributed by atoms with Gasteiger partial charge < -0.3 is 12.4 Å². The van der Waals surface area contributed by atoms with Crippen molar-refractivity contribution in [3.8, 4) is 0 Å². The summed E-state index contributed by atoms with van der Waals surface area (Å²) in [4.78, 5) is 0. The summed E-state index contributed by atoms with van der Waals surface area (Å²) >= 11 is -1.29. The van der Waals surface area contributed by atoms with E-state index < -0.39 is 38.5 Å². The SMILES string of the molecule is Fc1cccc(F)[c]1[Al+][c]1c(F)cccc1F.[Cl-]. The van der Waals surface area contributed by atoms with E-state index in [0.717, 1.165) is 24.3 Å². The predicted octanol–water partition coefficient (Wildman–Crippen LogP) is -1.10. The van der Waals surface area contributed by atoms with Crippen LogP contribution in [0, 0.1) is 23.3 Å². The Balaban J connectivity index is 0.00000162. The minimum atomic E-state index is -1.29. The van der Waals surface area contributed by atoms with Crippen LogP contribution in [0.1, 0.15) is 0 Å². The first-order chi connectivity index (χ1) is 8.09. The van der Waals surface area contributed by atoms with Crippen LogP contribution in [0.2, 0.25) is 0 Å².